The molecule has 0 atom stereocenters. The van der Waals surface area contributed by atoms with Crippen LogP contribution in [0.4, 0.5) is 4.39 Å². The van der Waals surface area contributed by atoms with Crippen molar-refractivity contribution in [3.63, 3.8) is 0 Å². The summed E-state index contributed by atoms with van der Waals surface area (Å²) in [6.07, 6.45) is 0. The number of aromatic nitrogens is 3. The Morgan fingerprint density at radius 2 is 1.87 bits per heavy atom. The van der Waals surface area contributed by atoms with Crippen LogP contribution >= 0.6 is 0 Å². The van der Waals surface area contributed by atoms with Crippen molar-refractivity contribution in [3.8, 4) is 16.9 Å². The molecule has 0 saturated heterocycles. The van der Waals surface area contributed by atoms with Crippen LogP contribution in [-0.2, 0) is 6.61 Å². The van der Waals surface area contributed by atoms with Crippen LogP contribution in [0, 0.1) is 5.82 Å². The van der Waals surface area contributed by atoms with Crippen molar-refractivity contribution in [2.24, 2.45) is 5.73 Å². The Labute approximate surface area is 131 Å². The Hall–Kier alpha value is -3.06. The highest BCUT2D eigenvalue weighted by molar-refractivity contribution is 5.92. The molecule has 0 bridgehead atoms. The molecule has 7 heteroatoms. The number of primary amides is 1. The maximum Gasteiger partial charge on any atom is 0.248 e. The SMILES string of the molecule is NC(=O)c1ccc(-n2nnc(CO)c2-c2ccccc2F)cc1. The maximum absolute atomic E-state index is 14.1. The minimum Gasteiger partial charge on any atom is -0.390 e. The highest BCUT2D eigenvalue weighted by atomic mass is 19.1. The van der Waals surface area contributed by atoms with E-state index >= 15 is 0 Å². The Morgan fingerprint density at radius 1 is 1.17 bits per heavy atom. The molecule has 0 spiro atoms. The van der Waals surface area contributed by atoms with Crippen molar-refractivity contribution in [1.29, 1.82) is 0 Å². The van der Waals surface area contributed by atoms with E-state index in [1.165, 1.54) is 10.7 Å². The van der Waals surface area contributed by atoms with Gasteiger partial charge in [0.2, 0.25) is 5.91 Å². The molecule has 0 aliphatic heterocycles. The summed E-state index contributed by atoms with van der Waals surface area (Å²) in [5.74, 6) is -0.986. The second-order valence-electron chi connectivity index (χ2n) is 4.85. The van der Waals surface area contributed by atoms with Gasteiger partial charge in [0.25, 0.3) is 0 Å². The van der Waals surface area contributed by atoms with E-state index in [4.69, 9.17) is 5.73 Å². The van der Waals surface area contributed by atoms with Crippen LogP contribution in [0.25, 0.3) is 16.9 Å². The summed E-state index contributed by atoms with van der Waals surface area (Å²) in [4.78, 5) is 11.1. The number of aliphatic hydroxyl groups excluding tert-OH is 1. The van der Waals surface area contributed by atoms with Crippen LogP contribution < -0.4 is 5.73 Å². The lowest BCUT2D eigenvalue weighted by Gasteiger charge is -2.09. The lowest BCUT2D eigenvalue weighted by molar-refractivity contribution is 0.100. The molecular weight excluding hydrogens is 299 g/mol. The van der Waals surface area contributed by atoms with Crippen molar-refractivity contribution in [1.82, 2.24) is 15.0 Å². The van der Waals surface area contributed by atoms with Crippen molar-refractivity contribution >= 4 is 5.91 Å². The summed E-state index contributed by atoms with van der Waals surface area (Å²) < 4.78 is 15.5. The molecule has 0 unspecified atom stereocenters. The zero-order valence-corrected chi connectivity index (χ0v) is 12.0. The number of rotatable bonds is 4. The van der Waals surface area contributed by atoms with Gasteiger partial charge in [0.15, 0.2) is 0 Å². The van der Waals surface area contributed by atoms with Crippen LogP contribution in [0.1, 0.15) is 16.1 Å². The van der Waals surface area contributed by atoms with Gasteiger partial charge < -0.3 is 10.8 Å². The molecule has 3 rings (SSSR count). The molecule has 23 heavy (non-hydrogen) atoms. The molecule has 0 radical (unpaired) electrons. The number of aliphatic hydroxyl groups is 1. The highest BCUT2D eigenvalue weighted by Gasteiger charge is 2.18. The van der Waals surface area contributed by atoms with Gasteiger partial charge in [-0.05, 0) is 36.4 Å². The molecule has 3 N–H and O–H groups in total. The summed E-state index contributed by atoms with van der Waals surface area (Å²) in [5, 5.41) is 17.3. The van der Waals surface area contributed by atoms with Gasteiger partial charge in [-0.2, -0.15) is 0 Å². The molecule has 1 heterocycles. The second kappa shape index (κ2) is 5.98. The first-order valence-electron chi connectivity index (χ1n) is 6.82. The first kappa shape index (κ1) is 14.9. The van der Waals surface area contributed by atoms with E-state index in [-0.39, 0.29) is 17.9 Å². The second-order valence-corrected chi connectivity index (χ2v) is 4.85. The Kier molecular flexibility index (Phi) is 3.86. The fourth-order valence-corrected chi connectivity index (χ4v) is 2.29. The van der Waals surface area contributed by atoms with Crippen molar-refractivity contribution in [2.45, 2.75) is 6.61 Å². The van der Waals surface area contributed by atoms with Gasteiger partial charge in [-0.1, -0.05) is 17.3 Å². The Bertz CT molecular complexity index is 859. The Morgan fingerprint density at radius 3 is 2.48 bits per heavy atom. The topological polar surface area (TPSA) is 94.0 Å². The van der Waals surface area contributed by atoms with E-state index in [2.05, 4.69) is 10.3 Å². The molecule has 1 amide bonds. The number of carbonyl (C=O) groups excluding carboxylic acids is 1. The molecule has 3 aromatic rings. The number of benzene rings is 2. The third-order valence-electron chi connectivity index (χ3n) is 3.42. The fourth-order valence-electron chi connectivity index (χ4n) is 2.29. The van der Waals surface area contributed by atoms with Crippen LogP contribution in [0.3, 0.4) is 0 Å². The Balaban J connectivity index is 2.16. The van der Waals surface area contributed by atoms with Gasteiger partial charge in [-0.15, -0.1) is 5.10 Å². The molecular formula is C16H13FN4O2. The minimum atomic E-state index is -0.541. The van der Waals surface area contributed by atoms with Gasteiger partial charge in [0.05, 0.1) is 12.3 Å². The van der Waals surface area contributed by atoms with Gasteiger partial charge >= 0.3 is 0 Å². The largest absolute Gasteiger partial charge is 0.390 e. The monoisotopic (exact) mass is 312 g/mol. The van der Waals surface area contributed by atoms with E-state index in [1.54, 1.807) is 42.5 Å². The fraction of sp³-hybridized carbons (Fsp3) is 0.0625. The molecule has 0 fully saturated rings. The number of amides is 1. The van der Waals surface area contributed by atoms with Gasteiger partial charge in [0, 0.05) is 11.1 Å². The van der Waals surface area contributed by atoms with Crippen molar-refractivity contribution in [2.75, 3.05) is 0 Å². The molecule has 0 saturated carbocycles. The summed E-state index contributed by atoms with van der Waals surface area (Å²) in [6.45, 7) is -0.372. The summed E-state index contributed by atoms with van der Waals surface area (Å²) >= 11 is 0. The smallest absolute Gasteiger partial charge is 0.248 e. The molecule has 116 valence electrons. The third kappa shape index (κ3) is 2.69. The van der Waals surface area contributed by atoms with E-state index in [1.807, 2.05) is 0 Å². The number of halogens is 1. The zero-order valence-electron chi connectivity index (χ0n) is 12.0. The third-order valence-corrected chi connectivity index (χ3v) is 3.42. The van der Waals surface area contributed by atoms with E-state index in [0.29, 0.717) is 16.9 Å². The predicted molar refractivity (Wildman–Crippen MR) is 81.2 cm³/mol. The van der Waals surface area contributed by atoms with E-state index in [0.717, 1.165) is 0 Å². The number of carbonyl (C=O) groups is 1. The molecule has 0 aliphatic rings. The van der Waals surface area contributed by atoms with Gasteiger partial charge in [-0.25, -0.2) is 9.07 Å². The molecule has 2 aromatic carbocycles. The lowest BCUT2D eigenvalue weighted by Crippen LogP contribution is -2.11. The van der Waals surface area contributed by atoms with E-state index < -0.39 is 11.7 Å². The standard InChI is InChI=1S/C16H13FN4O2/c17-13-4-2-1-3-12(13)15-14(9-22)19-20-21(15)11-7-5-10(6-8-11)16(18)23/h1-8,22H,9H2,(H2,18,23). The summed E-state index contributed by atoms with van der Waals surface area (Å²) in [5.41, 5.74) is 7.03. The normalized spacial score (nSPS) is 10.7. The first-order chi connectivity index (χ1) is 11.1. The van der Waals surface area contributed by atoms with Gasteiger partial charge in [0.1, 0.15) is 17.2 Å². The summed E-state index contributed by atoms with van der Waals surface area (Å²) in [6, 6.07) is 12.5. The number of hydrogen-bond donors (Lipinski definition) is 2. The lowest BCUT2D eigenvalue weighted by atomic mass is 10.1. The van der Waals surface area contributed by atoms with Crippen molar-refractivity contribution in [3.05, 3.63) is 65.6 Å². The zero-order chi connectivity index (χ0) is 16.4. The number of nitrogens with zero attached hydrogens (tertiary/aromatic N) is 3. The van der Waals surface area contributed by atoms with Gasteiger partial charge in [-0.3, -0.25) is 4.79 Å². The number of nitrogens with two attached hydrogens (primary N) is 1. The van der Waals surface area contributed by atoms with Crippen molar-refractivity contribution < 1.29 is 14.3 Å². The quantitative estimate of drug-likeness (QED) is 0.766. The van der Waals surface area contributed by atoms with E-state index in [9.17, 15) is 14.3 Å². The average molecular weight is 312 g/mol. The highest BCUT2D eigenvalue weighted by Crippen LogP contribution is 2.27. The average Bonchev–Trinajstić information content (AvgIpc) is 2.99. The first-order valence-corrected chi connectivity index (χ1v) is 6.82. The van der Waals surface area contributed by atoms with Crippen LogP contribution in [0.5, 0.6) is 0 Å². The summed E-state index contributed by atoms with van der Waals surface area (Å²) in [7, 11) is 0. The maximum atomic E-state index is 14.1. The molecule has 6 nitrogen and oxygen atoms in total. The molecule has 0 aliphatic carbocycles. The van der Waals surface area contributed by atoms with Crippen LogP contribution in [0.2, 0.25) is 0 Å². The minimum absolute atomic E-state index is 0.258. The number of hydrogen-bond acceptors (Lipinski definition) is 4. The van der Waals surface area contributed by atoms with Crippen LogP contribution in [0.15, 0.2) is 48.5 Å². The molecule has 1 aromatic heterocycles. The van der Waals surface area contributed by atoms with Crippen LogP contribution in [-0.4, -0.2) is 26.0 Å². The predicted octanol–water partition coefficient (Wildman–Crippen LogP) is 1.66.